The van der Waals surface area contributed by atoms with Crippen molar-refractivity contribution in [3.63, 3.8) is 0 Å². The molecule has 0 fully saturated rings. The van der Waals surface area contributed by atoms with Crippen LogP contribution in [0.1, 0.15) is 28.4 Å². The minimum Gasteiger partial charge on any atom is -0.462 e. The van der Waals surface area contributed by atoms with Gasteiger partial charge in [-0.15, -0.1) is 0 Å². The summed E-state index contributed by atoms with van der Waals surface area (Å²) in [6.45, 7) is 2.83. The van der Waals surface area contributed by atoms with Gasteiger partial charge in [0.05, 0.1) is 13.2 Å². The second kappa shape index (κ2) is 4.92. The van der Waals surface area contributed by atoms with Gasteiger partial charge >= 0.3 is 5.97 Å². The second-order valence-electron chi connectivity index (χ2n) is 4.63. The van der Waals surface area contributed by atoms with Crippen molar-refractivity contribution < 1.29 is 9.53 Å². The quantitative estimate of drug-likeness (QED) is 0.803. The molecule has 1 aromatic carbocycles. The molecule has 2 aromatic rings. The van der Waals surface area contributed by atoms with Crippen molar-refractivity contribution in [1.29, 1.82) is 0 Å². The van der Waals surface area contributed by atoms with Crippen LogP contribution in [0.25, 0.3) is 11.3 Å². The third-order valence-corrected chi connectivity index (χ3v) is 3.26. The van der Waals surface area contributed by atoms with Crippen LogP contribution < -0.4 is 0 Å². The molecule has 0 amide bonds. The van der Waals surface area contributed by atoms with E-state index in [9.17, 15) is 4.79 Å². The molecule has 0 radical (unpaired) electrons. The first kappa shape index (κ1) is 12.6. The Morgan fingerprint density at radius 3 is 3.10 bits per heavy atom. The van der Waals surface area contributed by atoms with Gasteiger partial charge in [-0.25, -0.2) is 4.79 Å². The van der Waals surface area contributed by atoms with Crippen LogP contribution in [-0.2, 0) is 18.3 Å². The van der Waals surface area contributed by atoms with Crippen molar-refractivity contribution in [2.24, 2.45) is 12.0 Å². The number of carbonyl (C=O) groups is 1. The zero-order valence-corrected chi connectivity index (χ0v) is 11.5. The van der Waals surface area contributed by atoms with Gasteiger partial charge in [0.2, 0.25) is 0 Å². The molecule has 1 aliphatic heterocycles. The summed E-state index contributed by atoms with van der Waals surface area (Å²) in [6, 6.07) is 5.96. The topological polar surface area (TPSA) is 56.5 Å². The molecule has 0 atom stereocenters. The third-order valence-electron chi connectivity index (χ3n) is 3.26. The molecular formula is C15H15N3O2. The number of fused-ring (bicyclic) bond motifs is 1. The summed E-state index contributed by atoms with van der Waals surface area (Å²) < 4.78 is 6.73. The van der Waals surface area contributed by atoms with Gasteiger partial charge in [-0.3, -0.25) is 9.67 Å². The summed E-state index contributed by atoms with van der Waals surface area (Å²) in [5, 5.41) is 4.42. The van der Waals surface area contributed by atoms with Crippen molar-refractivity contribution in [2.45, 2.75) is 13.5 Å². The van der Waals surface area contributed by atoms with E-state index in [0.717, 1.165) is 16.7 Å². The van der Waals surface area contributed by atoms with Gasteiger partial charge in [0.25, 0.3) is 0 Å². The standard InChI is InChI=1S/C15H15N3O2/c1-3-20-15(19)13-9-18(2)17-14(13)11-6-4-5-10-7-16-8-12(10)11/h4-6,8-9H,3,7H2,1-2H3. The highest BCUT2D eigenvalue weighted by molar-refractivity contribution is 6.00. The van der Waals surface area contributed by atoms with Crippen LogP contribution in [0, 0.1) is 0 Å². The van der Waals surface area contributed by atoms with Gasteiger partial charge < -0.3 is 4.74 Å². The Hall–Kier alpha value is -2.43. The second-order valence-corrected chi connectivity index (χ2v) is 4.63. The maximum Gasteiger partial charge on any atom is 0.341 e. The molecule has 5 nitrogen and oxygen atoms in total. The van der Waals surface area contributed by atoms with Crippen LogP contribution in [0.2, 0.25) is 0 Å². The van der Waals surface area contributed by atoms with E-state index in [2.05, 4.69) is 10.1 Å². The van der Waals surface area contributed by atoms with Crippen LogP contribution in [0.4, 0.5) is 0 Å². The van der Waals surface area contributed by atoms with Crippen LogP contribution in [0.5, 0.6) is 0 Å². The summed E-state index contributed by atoms with van der Waals surface area (Å²) >= 11 is 0. The van der Waals surface area contributed by atoms with E-state index in [1.165, 1.54) is 0 Å². The molecule has 20 heavy (non-hydrogen) atoms. The number of aryl methyl sites for hydroxylation is 1. The first-order chi connectivity index (χ1) is 9.70. The summed E-state index contributed by atoms with van der Waals surface area (Å²) in [7, 11) is 1.80. The van der Waals surface area contributed by atoms with E-state index in [1.807, 2.05) is 24.4 Å². The Balaban J connectivity index is 2.14. The molecule has 2 heterocycles. The number of benzene rings is 1. The lowest BCUT2D eigenvalue weighted by atomic mass is 9.99. The molecule has 0 unspecified atom stereocenters. The molecule has 0 aliphatic carbocycles. The SMILES string of the molecule is CCOC(=O)c1cn(C)nc1-c1cccc2c1C=NC2. The molecule has 1 aromatic heterocycles. The van der Waals surface area contributed by atoms with Gasteiger partial charge in [0.15, 0.2) is 0 Å². The number of ether oxygens (including phenoxy) is 1. The fourth-order valence-electron chi connectivity index (χ4n) is 2.39. The first-order valence-corrected chi connectivity index (χ1v) is 6.53. The predicted octanol–water partition coefficient (Wildman–Crippen LogP) is 2.20. The molecule has 0 bridgehead atoms. The smallest absolute Gasteiger partial charge is 0.341 e. The highest BCUT2D eigenvalue weighted by Crippen LogP contribution is 2.29. The van der Waals surface area contributed by atoms with Gasteiger partial charge in [-0.2, -0.15) is 5.10 Å². The van der Waals surface area contributed by atoms with Gasteiger partial charge in [0, 0.05) is 30.6 Å². The first-order valence-electron chi connectivity index (χ1n) is 6.53. The van der Waals surface area contributed by atoms with Crippen molar-refractivity contribution in [2.75, 3.05) is 6.61 Å². The van der Waals surface area contributed by atoms with E-state index in [1.54, 1.807) is 24.9 Å². The fourth-order valence-corrected chi connectivity index (χ4v) is 2.39. The number of hydrogen-bond acceptors (Lipinski definition) is 4. The Morgan fingerprint density at radius 2 is 2.30 bits per heavy atom. The number of aromatic nitrogens is 2. The van der Waals surface area contributed by atoms with Gasteiger partial charge in [-0.1, -0.05) is 18.2 Å². The van der Waals surface area contributed by atoms with Crippen LogP contribution >= 0.6 is 0 Å². The lowest BCUT2D eigenvalue weighted by Gasteiger charge is -2.06. The number of esters is 1. The van der Waals surface area contributed by atoms with E-state index < -0.39 is 0 Å². The van der Waals surface area contributed by atoms with E-state index in [0.29, 0.717) is 24.4 Å². The predicted molar refractivity (Wildman–Crippen MR) is 75.9 cm³/mol. The number of nitrogens with zero attached hydrogens (tertiary/aromatic N) is 3. The van der Waals surface area contributed by atoms with Gasteiger partial charge in [0.1, 0.15) is 11.3 Å². The minimum absolute atomic E-state index is 0.344. The number of carbonyl (C=O) groups excluding carboxylic acids is 1. The lowest BCUT2D eigenvalue weighted by Crippen LogP contribution is -2.05. The van der Waals surface area contributed by atoms with Gasteiger partial charge in [-0.05, 0) is 12.5 Å². The zero-order valence-electron chi connectivity index (χ0n) is 11.5. The molecule has 5 heteroatoms. The maximum absolute atomic E-state index is 12.0. The molecule has 102 valence electrons. The highest BCUT2D eigenvalue weighted by atomic mass is 16.5. The average molecular weight is 269 g/mol. The number of hydrogen-bond donors (Lipinski definition) is 0. The Kier molecular flexibility index (Phi) is 3.10. The normalized spacial score (nSPS) is 12.5. The molecule has 0 saturated carbocycles. The third kappa shape index (κ3) is 2.01. The number of aliphatic imine (C=N–C) groups is 1. The summed E-state index contributed by atoms with van der Waals surface area (Å²) in [4.78, 5) is 16.3. The van der Waals surface area contributed by atoms with Crippen LogP contribution in [-0.4, -0.2) is 28.6 Å². The van der Waals surface area contributed by atoms with Crippen molar-refractivity contribution in [3.8, 4) is 11.3 Å². The molecule has 1 aliphatic rings. The van der Waals surface area contributed by atoms with Crippen molar-refractivity contribution >= 4 is 12.2 Å². The lowest BCUT2D eigenvalue weighted by molar-refractivity contribution is 0.0527. The molecule has 3 rings (SSSR count). The van der Waals surface area contributed by atoms with Crippen molar-refractivity contribution in [3.05, 3.63) is 41.1 Å². The van der Waals surface area contributed by atoms with E-state index in [-0.39, 0.29) is 5.97 Å². The maximum atomic E-state index is 12.0. The summed E-state index contributed by atoms with van der Waals surface area (Å²) in [5.74, 6) is -0.344. The highest BCUT2D eigenvalue weighted by Gasteiger charge is 2.21. The largest absolute Gasteiger partial charge is 0.462 e. The Bertz CT molecular complexity index is 701. The van der Waals surface area contributed by atoms with E-state index in [4.69, 9.17) is 4.74 Å². The van der Waals surface area contributed by atoms with Crippen molar-refractivity contribution in [1.82, 2.24) is 9.78 Å². The Labute approximate surface area is 116 Å². The molecule has 0 saturated heterocycles. The number of rotatable bonds is 3. The average Bonchev–Trinajstić information content (AvgIpc) is 3.04. The summed E-state index contributed by atoms with van der Waals surface area (Å²) in [6.07, 6.45) is 3.53. The zero-order chi connectivity index (χ0) is 14.1. The van der Waals surface area contributed by atoms with Crippen LogP contribution in [0.15, 0.2) is 29.4 Å². The van der Waals surface area contributed by atoms with E-state index >= 15 is 0 Å². The molecule has 0 N–H and O–H groups in total. The molecular weight excluding hydrogens is 254 g/mol. The summed E-state index contributed by atoms with van der Waals surface area (Å²) in [5.41, 5.74) is 4.26. The molecule has 0 spiro atoms. The fraction of sp³-hybridized carbons (Fsp3) is 0.267. The minimum atomic E-state index is -0.344. The monoisotopic (exact) mass is 269 g/mol. The Morgan fingerprint density at radius 1 is 1.45 bits per heavy atom. The van der Waals surface area contributed by atoms with Crippen LogP contribution in [0.3, 0.4) is 0 Å².